The molecule has 2 rings (SSSR count). The van der Waals surface area contributed by atoms with E-state index in [1.807, 2.05) is 24.3 Å². The van der Waals surface area contributed by atoms with Crippen molar-refractivity contribution in [2.75, 3.05) is 0 Å². The molecule has 0 aromatic heterocycles. The summed E-state index contributed by atoms with van der Waals surface area (Å²) in [6.07, 6.45) is 6.26. The molecule has 2 heteroatoms. The fourth-order valence-electron chi connectivity index (χ4n) is 3.14. The number of Topliss-reactive ketones (excluding diaryl/α,β-unsaturated/α-hetero) is 1. The van der Waals surface area contributed by atoms with Gasteiger partial charge in [-0.1, -0.05) is 44.0 Å². The van der Waals surface area contributed by atoms with Gasteiger partial charge in [-0.25, -0.2) is 0 Å². The lowest BCUT2D eigenvalue weighted by molar-refractivity contribution is -0.125. The zero-order valence-electron chi connectivity index (χ0n) is 11.8. The number of rotatable bonds is 5. The van der Waals surface area contributed by atoms with E-state index in [0.717, 1.165) is 37.2 Å². The summed E-state index contributed by atoms with van der Waals surface area (Å²) in [4.78, 5) is 12.0. The Bertz CT molecular complexity index is 408. The van der Waals surface area contributed by atoms with Gasteiger partial charge in [0, 0.05) is 12.3 Å². The Labute approximate surface area is 115 Å². The van der Waals surface area contributed by atoms with Crippen molar-refractivity contribution in [1.29, 1.82) is 0 Å². The zero-order valence-corrected chi connectivity index (χ0v) is 11.8. The minimum atomic E-state index is 0.0845. The number of hydrogen-bond acceptors (Lipinski definition) is 2. The summed E-state index contributed by atoms with van der Waals surface area (Å²) in [6.45, 7) is 2.31. The molecule has 1 aromatic carbocycles. The minimum Gasteiger partial charge on any atom is -0.392 e. The minimum absolute atomic E-state index is 0.0845. The van der Waals surface area contributed by atoms with Crippen LogP contribution in [0.15, 0.2) is 24.3 Å². The van der Waals surface area contributed by atoms with Gasteiger partial charge in [-0.15, -0.1) is 0 Å². The maximum atomic E-state index is 12.0. The summed E-state index contributed by atoms with van der Waals surface area (Å²) >= 11 is 0. The molecule has 2 nitrogen and oxygen atoms in total. The van der Waals surface area contributed by atoms with Crippen LogP contribution in [0, 0.1) is 11.8 Å². The standard InChI is InChI=1S/C17H24O2/c1-2-3-13-8-9-17(19)16(10-13)11-14-4-6-15(12-18)7-5-14/h4-7,13,16,18H,2-3,8-12H2,1H3. The van der Waals surface area contributed by atoms with E-state index in [0.29, 0.717) is 5.78 Å². The van der Waals surface area contributed by atoms with E-state index >= 15 is 0 Å². The van der Waals surface area contributed by atoms with E-state index in [1.165, 1.54) is 18.4 Å². The fourth-order valence-corrected chi connectivity index (χ4v) is 3.14. The van der Waals surface area contributed by atoms with E-state index in [1.54, 1.807) is 0 Å². The highest BCUT2D eigenvalue weighted by Gasteiger charge is 2.28. The molecule has 0 radical (unpaired) electrons. The number of aliphatic hydroxyl groups is 1. The van der Waals surface area contributed by atoms with E-state index in [4.69, 9.17) is 5.11 Å². The summed E-state index contributed by atoms with van der Waals surface area (Å²) in [5.41, 5.74) is 2.15. The Balaban J connectivity index is 1.97. The molecule has 1 aromatic rings. The van der Waals surface area contributed by atoms with Crippen LogP contribution in [0.4, 0.5) is 0 Å². The monoisotopic (exact) mass is 260 g/mol. The Morgan fingerprint density at radius 2 is 1.89 bits per heavy atom. The van der Waals surface area contributed by atoms with Crippen molar-refractivity contribution in [3.05, 3.63) is 35.4 Å². The molecule has 0 spiro atoms. The quantitative estimate of drug-likeness (QED) is 0.879. The van der Waals surface area contributed by atoms with E-state index in [9.17, 15) is 4.79 Å². The maximum Gasteiger partial charge on any atom is 0.136 e. The molecular formula is C17H24O2. The van der Waals surface area contributed by atoms with Gasteiger partial charge < -0.3 is 5.11 Å². The molecule has 1 fully saturated rings. The van der Waals surface area contributed by atoms with Crippen molar-refractivity contribution in [1.82, 2.24) is 0 Å². The summed E-state index contributed by atoms with van der Waals surface area (Å²) in [5, 5.41) is 9.03. The lowest BCUT2D eigenvalue weighted by Gasteiger charge is -2.28. The first kappa shape index (κ1) is 14.3. The Morgan fingerprint density at radius 1 is 1.21 bits per heavy atom. The molecule has 2 atom stereocenters. The largest absolute Gasteiger partial charge is 0.392 e. The summed E-state index contributed by atoms with van der Waals surface area (Å²) in [7, 11) is 0. The van der Waals surface area contributed by atoms with E-state index < -0.39 is 0 Å². The van der Waals surface area contributed by atoms with Crippen molar-refractivity contribution < 1.29 is 9.90 Å². The van der Waals surface area contributed by atoms with Crippen LogP contribution in [0.3, 0.4) is 0 Å². The van der Waals surface area contributed by atoms with Crippen molar-refractivity contribution in [3.63, 3.8) is 0 Å². The van der Waals surface area contributed by atoms with Crippen LogP contribution in [0.1, 0.15) is 50.2 Å². The molecule has 1 N–H and O–H groups in total. The normalized spacial score (nSPS) is 23.6. The highest BCUT2D eigenvalue weighted by Crippen LogP contribution is 2.31. The Morgan fingerprint density at radius 3 is 2.53 bits per heavy atom. The average molecular weight is 260 g/mol. The number of ketones is 1. The number of aliphatic hydroxyl groups excluding tert-OH is 1. The molecule has 104 valence electrons. The van der Waals surface area contributed by atoms with Crippen LogP contribution in [0.5, 0.6) is 0 Å². The smallest absolute Gasteiger partial charge is 0.136 e. The Kier molecular flexibility index (Phi) is 5.15. The third-order valence-electron chi connectivity index (χ3n) is 4.26. The molecule has 1 aliphatic rings. The summed E-state index contributed by atoms with van der Waals surface area (Å²) in [5.74, 6) is 1.40. The third kappa shape index (κ3) is 3.90. The first-order valence-electron chi connectivity index (χ1n) is 7.44. The van der Waals surface area contributed by atoms with Gasteiger partial charge >= 0.3 is 0 Å². The predicted molar refractivity (Wildman–Crippen MR) is 76.8 cm³/mol. The number of carbonyl (C=O) groups excluding carboxylic acids is 1. The highest BCUT2D eigenvalue weighted by atomic mass is 16.3. The number of hydrogen-bond donors (Lipinski definition) is 1. The summed E-state index contributed by atoms with van der Waals surface area (Å²) < 4.78 is 0. The second kappa shape index (κ2) is 6.85. The third-order valence-corrected chi connectivity index (χ3v) is 4.26. The van der Waals surface area contributed by atoms with Gasteiger partial charge in [0.15, 0.2) is 0 Å². The van der Waals surface area contributed by atoms with Crippen LogP contribution in [-0.4, -0.2) is 10.9 Å². The maximum absolute atomic E-state index is 12.0. The lowest BCUT2D eigenvalue weighted by Crippen LogP contribution is -2.26. The van der Waals surface area contributed by atoms with Crippen molar-refractivity contribution in [2.24, 2.45) is 11.8 Å². The van der Waals surface area contributed by atoms with Crippen LogP contribution in [0.25, 0.3) is 0 Å². The van der Waals surface area contributed by atoms with E-state index in [2.05, 4.69) is 6.92 Å². The predicted octanol–water partition coefficient (Wildman–Crippen LogP) is 3.51. The van der Waals surface area contributed by atoms with E-state index in [-0.39, 0.29) is 12.5 Å². The first-order valence-corrected chi connectivity index (χ1v) is 7.44. The van der Waals surface area contributed by atoms with Crippen molar-refractivity contribution >= 4 is 5.78 Å². The van der Waals surface area contributed by atoms with Gasteiger partial charge in [-0.05, 0) is 36.3 Å². The second-order valence-corrected chi connectivity index (χ2v) is 5.77. The van der Waals surface area contributed by atoms with Crippen LogP contribution < -0.4 is 0 Å². The topological polar surface area (TPSA) is 37.3 Å². The van der Waals surface area contributed by atoms with Gasteiger partial charge in [-0.2, -0.15) is 0 Å². The molecule has 2 unspecified atom stereocenters. The lowest BCUT2D eigenvalue weighted by atomic mass is 9.76. The molecular weight excluding hydrogens is 236 g/mol. The SMILES string of the molecule is CCCC1CCC(=O)C(Cc2ccc(CO)cc2)C1. The fraction of sp³-hybridized carbons (Fsp3) is 0.588. The van der Waals surface area contributed by atoms with Gasteiger partial charge in [0.1, 0.15) is 5.78 Å². The zero-order chi connectivity index (χ0) is 13.7. The van der Waals surface area contributed by atoms with Gasteiger partial charge in [0.05, 0.1) is 6.61 Å². The average Bonchev–Trinajstić information content (AvgIpc) is 2.44. The van der Waals surface area contributed by atoms with Gasteiger partial charge in [-0.3, -0.25) is 4.79 Å². The number of benzene rings is 1. The number of carbonyl (C=O) groups is 1. The molecule has 0 bridgehead atoms. The molecule has 0 aliphatic heterocycles. The summed E-state index contributed by atoms with van der Waals surface area (Å²) in [6, 6.07) is 7.99. The van der Waals surface area contributed by atoms with Crippen LogP contribution >= 0.6 is 0 Å². The van der Waals surface area contributed by atoms with Crippen molar-refractivity contribution in [2.45, 2.75) is 52.1 Å². The van der Waals surface area contributed by atoms with Crippen LogP contribution in [-0.2, 0) is 17.8 Å². The molecule has 1 saturated carbocycles. The molecule has 1 aliphatic carbocycles. The second-order valence-electron chi connectivity index (χ2n) is 5.77. The molecule has 0 amide bonds. The highest BCUT2D eigenvalue weighted by molar-refractivity contribution is 5.82. The molecule has 0 heterocycles. The molecule has 0 saturated heterocycles. The van der Waals surface area contributed by atoms with Gasteiger partial charge in [0.25, 0.3) is 0 Å². The van der Waals surface area contributed by atoms with Gasteiger partial charge in [0.2, 0.25) is 0 Å². The first-order chi connectivity index (χ1) is 9.22. The Hall–Kier alpha value is -1.15. The van der Waals surface area contributed by atoms with Crippen LogP contribution in [0.2, 0.25) is 0 Å². The molecule has 19 heavy (non-hydrogen) atoms. The van der Waals surface area contributed by atoms with Crippen molar-refractivity contribution in [3.8, 4) is 0 Å².